The van der Waals surface area contributed by atoms with Crippen LogP contribution in [-0.4, -0.2) is 63.0 Å². The lowest BCUT2D eigenvalue weighted by atomic mass is 10.00. The Labute approximate surface area is 292 Å². The number of carboxylic acid groups (broad SMARTS) is 1. The van der Waals surface area contributed by atoms with Crippen LogP contribution in [0.2, 0.25) is 0 Å². The van der Waals surface area contributed by atoms with Crippen molar-refractivity contribution in [1.82, 2.24) is 25.8 Å². The van der Waals surface area contributed by atoms with E-state index in [-0.39, 0.29) is 24.8 Å². The maximum absolute atomic E-state index is 13.7. The Morgan fingerprint density at radius 3 is 2.08 bits per heavy atom. The summed E-state index contributed by atoms with van der Waals surface area (Å²) in [5, 5.41) is 32.4. The van der Waals surface area contributed by atoms with Crippen LogP contribution >= 0.6 is 0 Å². The Morgan fingerprint density at radius 2 is 1.37 bits per heavy atom. The van der Waals surface area contributed by atoms with Crippen LogP contribution in [-0.2, 0) is 45.6 Å². The number of hydrogen-bond donors (Lipinski definition) is 6. The van der Waals surface area contributed by atoms with Crippen molar-refractivity contribution < 1.29 is 34.2 Å². The molecule has 51 heavy (non-hydrogen) atoms. The van der Waals surface area contributed by atoms with E-state index in [0.29, 0.717) is 11.1 Å². The number of aliphatic carboxylic acids is 1. The highest BCUT2D eigenvalue weighted by atomic mass is 16.4. The number of pyridine rings is 1. The molecule has 13 heteroatoms. The molecule has 6 N–H and O–H groups in total. The van der Waals surface area contributed by atoms with E-state index < -0.39 is 65.1 Å². The number of rotatable bonds is 13. The molecule has 0 unspecified atom stereocenters. The summed E-state index contributed by atoms with van der Waals surface area (Å²) in [5.74, 6) is -4.46. The number of amides is 4. The van der Waals surface area contributed by atoms with Gasteiger partial charge in [0.2, 0.25) is 17.7 Å². The zero-order valence-electron chi connectivity index (χ0n) is 27.9. The largest absolute Gasteiger partial charge is 0.506 e. The van der Waals surface area contributed by atoms with E-state index in [1.165, 1.54) is 20.0 Å². The highest BCUT2D eigenvalue weighted by Crippen LogP contribution is 2.27. The second kappa shape index (κ2) is 15.8. The smallest absolute Gasteiger partial charge is 0.322 e. The molecule has 0 radical (unpaired) electrons. The van der Waals surface area contributed by atoms with Gasteiger partial charge in [-0.25, -0.2) is 0 Å². The fourth-order valence-electron chi connectivity index (χ4n) is 5.84. The molecule has 5 aromatic rings. The molecule has 5 rings (SSSR count). The van der Waals surface area contributed by atoms with Gasteiger partial charge in [0.25, 0.3) is 11.5 Å². The molecular formula is C38H37N5O8. The number of carbonyl (C=O) groups is 5. The SMILES string of the molecule is CC(=O)N[C@H](Cc1ccc2ccccc2c1)C(=O)N[C@H](Cc1ccccc1)C(=O)NCc1ccc2c(c1)c(O)c(C(=O)NCC(=O)O)c(=O)n2C. The maximum atomic E-state index is 13.7. The van der Waals surface area contributed by atoms with Gasteiger partial charge in [0.05, 0.1) is 5.52 Å². The summed E-state index contributed by atoms with van der Waals surface area (Å²) >= 11 is 0. The third-order valence-electron chi connectivity index (χ3n) is 8.39. The van der Waals surface area contributed by atoms with Crippen molar-refractivity contribution in [2.24, 2.45) is 7.05 Å². The summed E-state index contributed by atoms with van der Waals surface area (Å²) in [4.78, 5) is 75.9. The first-order valence-corrected chi connectivity index (χ1v) is 16.1. The van der Waals surface area contributed by atoms with Crippen molar-refractivity contribution in [1.29, 1.82) is 0 Å². The molecule has 4 amide bonds. The summed E-state index contributed by atoms with van der Waals surface area (Å²) in [5.41, 5.74) is 0.975. The predicted octanol–water partition coefficient (Wildman–Crippen LogP) is 2.30. The monoisotopic (exact) mass is 691 g/mol. The highest BCUT2D eigenvalue weighted by molar-refractivity contribution is 6.03. The summed E-state index contributed by atoms with van der Waals surface area (Å²) in [7, 11) is 1.41. The Morgan fingerprint density at radius 1 is 0.725 bits per heavy atom. The molecule has 262 valence electrons. The minimum Gasteiger partial charge on any atom is -0.506 e. The lowest BCUT2D eigenvalue weighted by molar-refractivity contribution is -0.135. The zero-order valence-corrected chi connectivity index (χ0v) is 27.9. The predicted molar refractivity (Wildman–Crippen MR) is 190 cm³/mol. The van der Waals surface area contributed by atoms with Crippen molar-refractivity contribution in [3.63, 3.8) is 0 Å². The number of aromatic nitrogens is 1. The van der Waals surface area contributed by atoms with Gasteiger partial charge < -0.3 is 36.0 Å². The van der Waals surface area contributed by atoms with E-state index in [0.717, 1.165) is 26.5 Å². The van der Waals surface area contributed by atoms with E-state index >= 15 is 0 Å². The van der Waals surface area contributed by atoms with Gasteiger partial charge in [-0.05, 0) is 39.6 Å². The lowest BCUT2D eigenvalue weighted by Gasteiger charge is -2.23. The molecule has 0 spiro atoms. The second-order valence-corrected chi connectivity index (χ2v) is 12.1. The van der Waals surface area contributed by atoms with Crippen LogP contribution in [0, 0.1) is 0 Å². The minimum atomic E-state index is -1.32. The number of nitrogens with zero attached hydrogens (tertiary/aromatic N) is 1. The van der Waals surface area contributed by atoms with Gasteiger partial charge in [-0.2, -0.15) is 0 Å². The van der Waals surface area contributed by atoms with Gasteiger partial charge in [0, 0.05) is 38.7 Å². The number of benzene rings is 4. The first kappa shape index (κ1) is 35.8. The van der Waals surface area contributed by atoms with Crippen molar-refractivity contribution in [2.75, 3.05) is 6.54 Å². The fraction of sp³-hybridized carbons (Fsp3) is 0.211. The summed E-state index contributed by atoms with van der Waals surface area (Å²) in [6.45, 7) is 0.520. The average molecular weight is 692 g/mol. The lowest BCUT2D eigenvalue weighted by Crippen LogP contribution is -2.54. The first-order valence-electron chi connectivity index (χ1n) is 16.1. The van der Waals surface area contributed by atoms with Crippen molar-refractivity contribution in [3.8, 4) is 5.75 Å². The molecule has 0 aliphatic heterocycles. The Bertz CT molecular complexity index is 2200. The molecule has 0 saturated heterocycles. The number of aromatic hydroxyl groups is 1. The van der Waals surface area contributed by atoms with E-state index in [2.05, 4.69) is 21.3 Å². The van der Waals surface area contributed by atoms with Gasteiger partial charge >= 0.3 is 5.97 Å². The zero-order chi connectivity index (χ0) is 36.7. The molecule has 0 aliphatic carbocycles. The minimum absolute atomic E-state index is 0.0506. The second-order valence-electron chi connectivity index (χ2n) is 12.1. The number of fused-ring (bicyclic) bond motifs is 2. The normalized spacial score (nSPS) is 12.1. The molecule has 1 heterocycles. The third kappa shape index (κ3) is 8.76. The van der Waals surface area contributed by atoms with E-state index in [4.69, 9.17) is 5.11 Å². The molecule has 13 nitrogen and oxygen atoms in total. The number of carbonyl (C=O) groups excluding carboxylic acids is 4. The van der Waals surface area contributed by atoms with Crippen LogP contribution in [0.5, 0.6) is 5.75 Å². The van der Waals surface area contributed by atoms with Gasteiger partial charge in [0.1, 0.15) is 29.9 Å². The molecular weight excluding hydrogens is 654 g/mol. The molecule has 0 saturated carbocycles. The van der Waals surface area contributed by atoms with Gasteiger partial charge in [-0.15, -0.1) is 0 Å². The summed E-state index contributed by atoms with van der Waals surface area (Å²) < 4.78 is 1.15. The van der Waals surface area contributed by atoms with E-state index in [9.17, 15) is 33.9 Å². The standard InChI is InChI=1S/C38H37N5O8/c1-22(44)41-30(19-24-12-14-26-10-6-7-11-27(26)16-24)36(49)42-29(18-23-8-4-3-5-9-23)35(48)39-20-25-13-15-31-28(17-25)34(47)33(38(51)43(31)2)37(50)40-21-32(45)46/h3-17,29-30,47H,18-21H2,1-2H3,(H,39,48)(H,40,50)(H,41,44)(H,42,49)(H,45,46)/t29-,30-/m1/s1. The maximum Gasteiger partial charge on any atom is 0.322 e. The van der Waals surface area contributed by atoms with Crippen molar-refractivity contribution >= 4 is 51.3 Å². The number of nitrogens with one attached hydrogen (secondary N) is 4. The van der Waals surface area contributed by atoms with Crippen LogP contribution in [0.1, 0.15) is 34.0 Å². The molecule has 0 aliphatic rings. The van der Waals surface area contributed by atoms with Gasteiger partial charge in [0.15, 0.2) is 0 Å². The Hall–Kier alpha value is -6.50. The topological polar surface area (TPSA) is 196 Å². The third-order valence-corrected chi connectivity index (χ3v) is 8.39. The number of aryl methyl sites for hydroxylation is 1. The molecule has 0 bridgehead atoms. The molecule has 0 fully saturated rings. The van der Waals surface area contributed by atoms with E-state index in [1.54, 1.807) is 12.1 Å². The van der Waals surface area contributed by atoms with Crippen LogP contribution in [0.3, 0.4) is 0 Å². The van der Waals surface area contributed by atoms with Crippen LogP contribution in [0.25, 0.3) is 21.7 Å². The summed E-state index contributed by atoms with van der Waals surface area (Å²) in [6, 6.07) is 25.4. The fourth-order valence-corrected chi connectivity index (χ4v) is 5.84. The highest BCUT2D eigenvalue weighted by Gasteiger charge is 2.27. The average Bonchev–Trinajstić information content (AvgIpc) is 3.11. The number of hydrogen-bond acceptors (Lipinski definition) is 7. The number of carboxylic acids is 1. The quantitative estimate of drug-likeness (QED) is 0.108. The molecule has 1 aromatic heterocycles. The van der Waals surface area contributed by atoms with Crippen LogP contribution < -0.4 is 26.8 Å². The van der Waals surface area contributed by atoms with Crippen molar-refractivity contribution in [3.05, 3.63) is 124 Å². The van der Waals surface area contributed by atoms with Crippen molar-refractivity contribution in [2.45, 2.75) is 38.4 Å². The van der Waals surface area contributed by atoms with E-state index in [1.807, 2.05) is 72.8 Å². The Kier molecular flexibility index (Phi) is 11.1. The molecule has 2 atom stereocenters. The van der Waals surface area contributed by atoms with Gasteiger partial charge in [-0.1, -0.05) is 78.9 Å². The molecule has 4 aromatic carbocycles. The van der Waals surface area contributed by atoms with Crippen LogP contribution in [0.15, 0.2) is 95.8 Å². The Balaban J connectivity index is 1.37. The van der Waals surface area contributed by atoms with Crippen LogP contribution in [0.4, 0.5) is 0 Å². The first-order chi connectivity index (χ1) is 24.4. The summed E-state index contributed by atoms with van der Waals surface area (Å²) in [6.07, 6.45) is 0.339. The van der Waals surface area contributed by atoms with Gasteiger partial charge in [-0.3, -0.25) is 28.8 Å².